The number of alkyl halides is 1. The maximum atomic E-state index is 2.55. The van der Waals surface area contributed by atoms with Gasteiger partial charge in [-0.15, -0.1) is 0 Å². The molecule has 0 radical (unpaired) electrons. The van der Waals surface area contributed by atoms with Crippen LogP contribution in [0.25, 0.3) is 0 Å². The summed E-state index contributed by atoms with van der Waals surface area (Å²) >= 11 is 2.55. The molecule has 2 atom stereocenters. The Bertz CT molecular complexity index is 147. The van der Waals surface area contributed by atoms with Crippen LogP contribution in [0.15, 0.2) is 0 Å². The van der Waals surface area contributed by atoms with Gasteiger partial charge in [0.1, 0.15) is 0 Å². The number of rotatable bonds is 2. The van der Waals surface area contributed by atoms with Gasteiger partial charge in [-0.25, -0.2) is 0 Å². The van der Waals surface area contributed by atoms with Gasteiger partial charge in [0.05, 0.1) is 0 Å². The highest BCUT2D eigenvalue weighted by molar-refractivity contribution is 14.1. The first-order chi connectivity index (χ1) is 5.81. The summed E-state index contributed by atoms with van der Waals surface area (Å²) in [5.74, 6) is 4.40. The quantitative estimate of drug-likeness (QED) is 0.531. The van der Waals surface area contributed by atoms with Crippen molar-refractivity contribution in [2.75, 3.05) is 4.43 Å². The second-order valence-electron chi connectivity index (χ2n) is 4.81. The molecule has 0 N–H and O–H groups in total. The van der Waals surface area contributed by atoms with Crippen molar-refractivity contribution in [3.05, 3.63) is 0 Å². The van der Waals surface area contributed by atoms with E-state index < -0.39 is 0 Å². The van der Waals surface area contributed by atoms with Gasteiger partial charge in [0.2, 0.25) is 0 Å². The van der Waals surface area contributed by atoms with Crippen LogP contribution in [0.1, 0.15) is 39.0 Å². The highest BCUT2D eigenvalue weighted by Gasteiger charge is 2.40. The Hall–Kier alpha value is 0.730. The van der Waals surface area contributed by atoms with Crippen LogP contribution in [0.4, 0.5) is 0 Å². The third-order valence-electron chi connectivity index (χ3n) is 3.89. The van der Waals surface area contributed by atoms with Gasteiger partial charge in [0, 0.05) is 4.43 Å². The largest absolute Gasteiger partial charge is 0.0861 e. The number of hydrogen-bond acceptors (Lipinski definition) is 0. The Labute approximate surface area is 89.6 Å². The van der Waals surface area contributed by atoms with Crippen molar-refractivity contribution in [1.29, 1.82) is 0 Å². The predicted octanol–water partition coefficient (Wildman–Crippen LogP) is 3.88. The molecule has 0 aromatic carbocycles. The third kappa shape index (κ3) is 1.97. The van der Waals surface area contributed by atoms with Gasteiger partial charge < -0.3 is 0 Å². The van der Waals surface area contributed by atoms with Crippen LogP contribution in [0.2, 0.25) is 0 Å². The van der Waals surface area contributed by atoms with Crippen LogP contribution in [0.5, 0.6) is 0 Å². The molecule has 0 aromatic heterocycles. The standard InChI is InChI=1S/C11H19I/c1-8-6-11(8)10-4-2-9(7-12)3-5-10/h8-11H,2-7H2,1H3/t8-,9?,10?,11?/m0/s1. The summed E-state index contributed by atoms with van der Waals surface area (Å²) < 4.78 is 1.39. The van der Waals surface area contributed by atoms with Crippen molar-refractivity contribution in [2.45, 2.75) is 39.0 Å². The average molecular weight is 278 g/mol. The highest BCUT2D eigenvalue weighted by Crippen LogP contribution is 2.49. The zero-order chi connectivity index (χ0) is 8.55. The SMILES string of the molecule is C[C@H]1CC1C1CCC(CI)CC1. The maximum absolute atomic E-state index is 2.55. The molecular weight excluding hydrogens is 259 g/mol. The number of halogens is 1. The monoisotopic (exact) mass is 278 g/mol. The van der Waals surface area contributed by atoms with E-state index in [-0.39, 0.29) is 0 Å². The van der Waals surface area contributed by atoms with E-state index in [0.717, 1.165) is 23.7 Å². The van der Waals surface area contributed by atoms with Crippen LogP contribution in [-0.4, -0.2) is 4.43 Å². The summed E-state index contributed by atoms with van der Waals surface area (Å²) in [5, 5.41) is 0. The van der Waals surface area contributed by atoms with Gasteiger partial charge in [0.15, 0.2) is 0 Å². The molecule has 2 fully saturated rings. The van der Waals surface area contributed by atoms with E-state index in [1.807, 2.05) is 0 Å². The van der Waals surface area contributed by atoms with E-state index in [4.69, 9.17) is 0 Å². The molecule has 0 aliphatic heterocycles. The molecular formula is C11H19I. The molecule has 0 spiro atoms. The molecule has 1 heteroatoms. The lowest BCUT2D eigenvalue weighted by Gasteiger charge is -2.27. The molecule has 2 rings (SSSR count). The van der Waals surface area contributed by atoms with E-state index in [9.17, 15) is 0 Å². The number of hydrogen-bond donors (Lipinski definition) is 0. The lowest BCUT2D eigenvalue weighted by atomic mass is 9.80. The first-order valence-electron chi connectivity index (χ1n) is 5.37. The van der Waals surface area contributed by atoms with E-state index in [0.29, 0.717) is 0 Å². The van der Waals surface area contributed by atoms with Crippen LogP contribution in [0, 0.1) is 23.7 Å². The third-order valence-corrected chi connectivity index (χ3v) is 5.13. The minimum atomic E-state index is 1.07. The Kier molecular flexibility index (Phi) is 2.98. The minimum Gasteiger partial charge on any atom is -0.0861 e. The Morgan fingerprint density at radius 3 is 2.17 bits per heavy atom. The molecule has 0 amide bonds. The molecule has 2 aliphatic rings. The van der Waals surface area contributed by atoms with E-state index in [2.05, 4.69) is 29.5 Å². The molecule has 2 aliphatic carbocycles. The average Bonchev–Trinajstić information content (AvgIpc) is 2.83. The molecule has 0 bridgehead atoms. The maximum Gasteiger partial charge on any atom is 0.00237 e. The molecule has 0 aromatic rings. The molecule has 2 saturated carbocycles. The van der Waals surface area contributed by atoms with Crippen LogP contribution in [-0.2, 0) is 0 Å². The summed E-state index contributed by atoms with van der Waals surface area (Å²) in [6.07, 6.45) is 7.68. The molecule has 70 valence electrons. The van der Waals surface area contributed by atoms with E-state index in [1.165, 1.54) is 17.3 Å². The fourth-order valence-electron chi connectivity index (χ4n) is 2.78. The van der Waals surface area contributed by atoms with Gasteiger partial charge in [-0.2, -0.15) is 0 Å². The normalized spacial score (nSPS) is 47.5. The molecule has 0 nitrogen and oxygen atoms in total. The first-order valence-corrected chi connectivity index (χ1v) is 6.89. The first kappa shape index (κ1) is 9.29. The van der Waals surface area contributed by atoms with Gasteiger partial charge >= 0.3 is 0 Å². The Morgan fingerprint density at radius 1 is 1.17 bits per heavy atom. The second kappa shape index (κ2) is 3.85. The van der Waals surface area contributed by atoms with Crippen LogP contribution in [0.3, 0.4) is 0 Å². The molecule has 12 heavy (non-hydrogen) atoms. The smallest absolute Gasteiger partial charge is 0.00237 e. The summed E-state index contributed by atoms with van der Waals surface area (Å²) in [6, 6.07) is 0. The van der Waals surface area contributed by atoms with Gasteiger partial charge in [-0.05, 0) is 55.8 Å². The van der Waals surface area contributed by atoms with E-state index in [1.54, 1.807) is 19.3 Å². The van der Waals surface area contributed by atoms with Crippen molar-refractivity contribution in [2.24, 2.45) is 23.7 Å². The minimum absolute atomic E-state index is 1.07. The fraction of sp³-hybridized carbons (Fsp3) is 1.00. The summed E-state index contributed by atoms with van der Waals surface area (Å²) in [7, 11) is 0. The molecule has 0 saturated heterocycles. The Morgan fingerprint density at radius 2 is 1.75 bits per heavy atom. The van der Waals surface area contributed by atoms with Crippen molar-refractivity contribution >= 4 is 22.6 Å². The predicted molar refractivity (Wildman–Crippen MR) is 61.6 cm³/mol. The second-order valence-corrected chi connectivity index (χ2v) is 5.69. The zero-order valence-electron chi connectivity index (χ0n) is 7.93. The zero-order valence-corrected chi connectivity index (χ0v) is 10.1. The van der Waals surface area contributed by atoms with Gasteiger partial charge in [0.25, 0.3) is 0 Å². The van der Waals surface area contributed by atoms with Gasteiger partial charge in [-0.3, -0.25) is 0 Å². The topological polar surface area (TPSA) is 0 Å². The van der Waals surface area contributed by atoms with E-state index >= 15 is 0 Å². The van der Waals surface area contributed by atoms with Crippen LogP contribution < -0.4 is 0 Å². The lowest BCUT2D eigenvalue weighted by molar-refractivity contribution is 0.263. The Balaban J connectivity index is 1.75. The van der Waals surface area contributed by atoms with Crippen molar-refractivity contribution in [1.82, 2.24) is 0 Å². The van der Waals surface area contributed by atoms with Crippen LogP contribution >= 0.6 is 22.6 Å². The molecule has 0 heterocycles. The summed E-state index contributed by atoms with van der Waals surface area (Å²) in [6.45, 7) is 2.43. The van der Waals surface area contributed by atoms with Gasteiger partial charge in [-0.1, -0.05) is 29.5 Å². The van der Waals surface area contributed by atoms with Crippen molar-refractivity contribution in [3.8, 4) is 0 Å². The summed E-state index contributed by atoms with van der Waals surface area (Å²) in [4.78, 5) is 0. The van der Waals surface area contributed by atoms with Crippen molar-refractivity contribution < 1.29 is 0 Å². The van der Waals surface area contributed by atoms with Crippen molar-refractivity contribution in [3.63, 3.8) is 0 Å². The fourth-order valence-corrected chi connectivity index (χ4v) is 3.66. The highest BCUT2D eigenvalue weighted by atomic mass is 127. The summed E-state index contributed by atoms with van der Waals surface area (Å²) in [5.41, 5.74) is 0. The molecule has 1 unspecified atom stereocenters. The lowest BCUT2D eigenvalue weighted by Crippen LogP contribution is -2.17.